The molecule has 0 atom stereocenters. The van der Waals surface area contributed by atoms with Crippen molar-refractivity contribution in [2.24, 2.45) is 5.92 Å². The Balaban J connectivity index is 1.94. The van der Waals surface area contributed by atoms with Gasteiger partial charge in [0, 0.05) is 26.8 Å². The van der Waals surface area contributed by atoms with Crippen LogP contribution in [0.1, 0.15) is 12.8 Å². The molecule has 0 N–H and O–H groups in total. The first kappa shape index (κ1) is 11.3. The minimum absolute atomic E-state index is 0.420. The van der Waals surface area contributed by atoms with Crippen molar-refractivity contribution in [3.05, 3.63) is 24.1 Å². The molecular weight excluding hydrogens is 207 g/mol. The summed E-state index contributed by atoms with van der Waals surface area (Å²) in [6.45, 7) is 2.60. The maximum Gasteiger partial charge on any atom is 0.214 e. The molecule has 0 radical (unpaired) electrons. The molecule has 0 amide bonds. The second-order valence-electron chi connectivity index (χ2n) is 4.25. The maximum atomic E-state index is 12.9. The molecule has 1 saturated heterocycles. The fourth-order valence-electron chi connectivity index (χ4n) is 2.02. The second-order valence-corrected chi connectivity index (χ2v) is 4.25. The lowest BCUT2D eigenvalue weighted by atomic mass is 10.00. The highest BCUT2D eigenvalue weighted by Gasteiger charge is 2.16. The van der Waals surface area contributed by atoms with Crippen molar-refractivity contribution in [2.45, 2.75) is 12.8 Å². The lowest BCUT2D eigenvalue weighted by Crippen LogP contribution is -2.30. The predicted molar refractivity (Wildman–Crippen MR) is 61.0 cm³/mol. The van der Waals surface area contributed by atoms with Crippen LogP contribution in [0.3, 0.4) is 0 Å². The van der Waals surface area contributed by atoms with Crippen LogP contribution in [0.5, 0.6) is 0 Å². The largest absolute Gasteiger partial charge is 0.381 e. The monoisotopic (exact) mass is 224 g/mol. The van der Waals surface area contributed by atoms with Crippen molar-refractivity contribution in [3.8, 4) is 0 Å². The smallest absolute Gasteiger partial charge is 0.214 e. The molecule has 0 aromatic carbocycles. The van der Waals surface area contributed by atoms with Gasteiger partial charge in [0.15, 0.2) is 0 Å². The van der Waals surface area contributed by atoms with Crippen LogP contribution in [0.25, 0.3) is 0 Å². The van der Waals surface area contributed by atoms with Crippen molar-refractivity contribution >= 4 is 5.82 Å². The van der Waals surface area contributed by atoms with Gasteiger partial charge in [0.05, 0.1) is 0 Å². The first-order valence-electron chi connectivity index (χ1n) is 5.67. The fraction of sp³-hybridized carbons (Fsp3) is 0.583. The lowest BCUT2D eigenvalue weighted by molar-refractivity contribution is 0.0685. The molecule has 0 aliphatic carbocycles. The summed E-state index contributed by atoms with van der Waals surface area (Å²) >= 11 is 0. The number of anilines is 1. The van der Waals surface area contributed by atoms with E-state index >= 15 is 0 Å². The Hall–Kier alpha value is -1.16. The number of halogens is 1. The normalized spacial score (nSPS) is 17.4. The summed E-state index contributed by atoms with van der Waals surface area (Å²) in [4.78, 5) is 5.88. The van der Waals surface area contributed by atoms with Gasteiger partial charge < -0.3 is 9.64 Å². The van der Waals surface area contributed by atoms with E-state index in [9.17, 15) is 4.39 Å². The van der Waals surface area contributed by atoms with Crippen LogP contribution in [0.15, 0.2) is 18.2 Å². The summed E-state index contributed by atoms with van der Waals surface area (Å²) in [6.07, 6.45) is 2.17. The molecule has 0 saturated carbocycles. The van der Waals surface area contributed by atoms with Crippen LogP contribution >= 0.6 is 0 Å². The molecule has 2 heterocycles. The fourth-order valence-corrected chi connectivity index (χ4v) is 2.02. The zero-order valence-corrected chi connectivity index (χ0v) is 9.53. The minimum Gasteiger partial charge on any atom is -0.381 e. The average molecular weight is 224 g/mol. The number of hydrogen-bond acceptors (Lipinski definition) is 3. The summed E-state index contributed by atoms with van der Waals surface area (Å²) < 4.78 is 18.3. The van der Waals surface area contributed by atoms with Crippen LogP contribution in [-0.2, 0) is 4.74 Å². The van der Waals surface area contributed by atoms with Crippen LogP contribution < -0.4 is 4.90 Å². The van der Waals surface area contributed by atoms with Crippen LogP contribution in [0.4, 0.5) is 10.2 Å². The van der Waals surface area contributed by atoms with Crippen LogP contribution in [0, 0.1) is 11.9 Å². The molecule has 0 spiro atoms. The van der Waals surface area contributed by atoms with E-state index < -0.39 is 5.95 Å². The SMILES string of the molecule is CN(CC1CCOCC1)c1cccc(F)n1. The average Bonchev–Trinajstić information content (AvgIpc) is 2.30. The molecular formula is C12H17FN2O. The van der Waals surface area contributed by atoms with E-state index in [-0.39, 0.29) is 0 Å². The van der Waals surface area contributed by atoms with Gasteiger partial charge in [0.2, 0.25) is 5.95 Å². The van der Waals surface area contributed by atoms with E-state index in [0.717, 1.165) is 32.6 Å². The van der Waals surface area contributed by atoms with E-state index in [2.05, 4.69) is 4.98 Å². The molecule has 1 aliphatic rings. The third-order valence-electron chi connectivity index (χ3n) is 2.96. The summed E-state index contributed by atoms with van der Waals surface area (Å²) in [6, 6.07) is 4.90. The van der Waals surface area contributed by atoms with E-state index in [4.69, 9.17) is 4.74 Å². The van der Waals surface area contributed by atoms with E-state index in [1.807, 2.05) is 18.0 Å². The van der Waals surface area contributed by atoms with Gasteiger partial charge >= 0.3 is 0 Å². The highest BCUT2D eigenvalue weighted by molar-refractivity contribution is 5.36. The third kappa shape index (κ3) is 2.92. The second kappa shape index (κ2) is 5.25. The highest BCUT2D eigenvalue weighted by Crippen LogP contribution is 2.18. The third-order valence-corrected chi connectivity index (χ3v) is 2.96. The molecule has 0 unspecified atom stereocenters. The molecule has 3 nitrogen and oxygen atoms in total. The molecule has 1 aromatic heterocycles. The molecule has 88 valence electrons. The number of ether oxygens (including phenoxy) is 1. The van der Waals surface area contributed by atoms with Crippen LogP contribution in [-0.4, -0.2) is 31.8 Å². The summed E-state index contributed by atoms with van der Waals surface area (Å²) in [5, 5.41) is 0. The molecule has 1 aromatic rings. The van der Waals surface area contributed by atoms with Gasteiger partial charge in [-0.3, -0.25) is 0 Å². The zero-order valence-electron chi connectivity index (χ0n) is 9.53. The first-order valence-corrected chi connectivity index (χ1v) is 5.67. The minimum atomic E-state index is -0.420. The van der Waals surface area contributed by atoms with Gasteiger partial charge in [0.25, 0.3) is 0 Å². The Kier molecular flexibility index (Phi) is 3.72. The van der Waals surface area contributed by atoms with E-state index in [1.165, 1.54) is 6.07 Å². The molecule has 0 bridgehead atoms. The summed E-state index contributed by atoms with van der Waals surface area (Å²) in [5.74, 6) is 0.909. The van der Waals surface area contributed by atoms with Crippen molar-refractivity contribution in [3.63, 3.8) is 0 Å². The zero-order chi connectivity index (χ0) is 11.4. The topological polar surface area (TPSA) is 25.4 Å². The predicted octanol–water partition coefficient (Wildman–Crippen LogP) is 2.08. The molecule has 1 fully saturated rings. The van der Waals surface area contributed by atoms with Gasteiger partial charge in [-0.1, -0.05) is 6.07 Å². The van der Waals surface area contributed by atoms with Crippen molar-refractivity contribution < 1.29 is 9.13 Å². The van der Waals surface area contributed by atoms with E-state index in [0.29, 0.717) is 11.7 Å². The van der Waals surface area contributed by atoms with Gasteiger partial charge in [0.1, 0.15) is 5.82 Å². The Morgan fingerprint density at radius 2 is 2.19 bits per heavy atom. The molecule has 1 aliphatic heterocycles. The summed E-state index contributed by atoms with van der Waals surface area (Å²) in [7, 11) is 1.96. The van der Waals surface area contributed by atoms with Crippen molar-refractivity contribution in [1.82, 2.24) is 4.98 Å². The summed E-state index contributed by atoms with van der Waals surface area (Å²) in [5.41, 5.74) is 0. The van der Waals surface area contributed by atoms with Gasteiger partial charge in [-0.2, -0.15) is 4.39 Å². The van der Waals surface area contributed by atoms with Crippen molar-refractivity contribution in [2.75, 3.05) is 31.7 Å². The van der Waals surface area contributed by atoms with Gasteiger partial charge in [-0.05, 0) is 30.9 Å². The lowest BCUT2D eigenvalue weighted by Gasteiger charge is -2.27. The quantitative estimate of drug-likeness (QED) is 0.735. The van der Waals surface area contributed by atoms with Crippen LogP contribution in [0.2, 0.25) is 0 Å². The number of nitrogens with zero attached hydrogens (tertiary/aromatic N) is 2. The number of aromatic nitrogens is 1. The molecule has 4 heteroatoms. The Morgan fingerprint density at radius 3 is 2.88 bits per heavy atom. The Morgan fingerprint density at radius 1 is 1.44 bits per heavy atom. The molecule has 2 rings (SSSR count). The number of rotatable bonds is 3. The van der Waals surface area contributed by atoms with Gasteiger partial charge in [-0.25, -0.2) is 4.98 Å². The van der Waals surface area contributed by atoms with E-state index in [1.54, 1.807) is 6.07 Å². The maximum absolute atomic E-state index is 12.9. The first-order chi connectivity index (χ1) is 7.75. The number of pyridine rings is 1. The van der Waals surface area contributed by atoms with Gasteiger partial charge in [-0.15, -0.1) is 0 Å². The van der Waals surface area contributed by atoms with Crippen molar-refractivity contribution in [1.29, 1.82) is 0 Å². The Labute approximate surface area is 95.2 Å². The molecule has 16 heavy (non-hydrogen) atoms. The highest BCUT2D eigenvalue weighted by atomic mass is 19.1. The number of hydrogen-bond donors (Lipinski definition) is 0. The Bertz CT molecular complexity index is 340. The standard InChI is InChI=1S/C12H17FN2O/c1-15(9-10-5-7-16-8-6-10)12-4-2-3-11(13)14-12/h2-4,10H,5-9H2,1H3.